The SMILES string of the molecule is CC(=O)N(CCNC(=O)C1CCC1)c1ccccc1F. The lowest BCUT2D eigenvalue weighted by Crippen LogP contribution is -2.41. The number of anilines is 1. The highest BCUT2D eigenvalue weighted by atomic mass is 19.1. The Morgan fingerprint density at radius 2 is 2.05 bits per heavy atom. The van der Waals surface area contributed by atoms with E-state index in [1.807, 2.05) is 0 Å². The molecule has 108 valence electrons. The standard InChI is InChI=1S/C15H19FN2O2/c1-11(19)18(14-8-3-2-7-13(14)16)10-9-17-15(20)12-5-4-6-12/h2-3,7-8,12H,4-6,9-10H2,1H3,(H,17,20). The molecule has 1 aromatic carbocycles. The van der Waals surface area contributed by atoms with Gasteiger partial charge in [0.2, 0.25) is 11.8 Å². The number of halogens is 1. The zero-order chi connectivity index (χ0) is 14.5. The Morgan fingerprint density at radius 1 is 1.35 bits per heavy atom. The van der Waals surface area contributed by atoms with Crippen LogP contribution in [0.3, 0.4) is 0 Å². The molecule has 0 saturated heterocycles. The second-order valence-corrected chi connectivity index (χ2v) is 5.04. The van der Waals surface area contributed by atoms with Crippen LogP contribution in [-0.2, 0) is 9.59 Å². The normalized spacial score (nSPS) is 14.5. The van der Waals surface area contributed by atoms with Crippen molar-refractivity contribution in [1.29, 1.82) is 0 Å². The first-order valence-electron chi connectivity index (χ1n) is 6.90. The summed E-state index contributed by atoms with van der Waals surface area (Å²) in [5, 5.41) is 2.80. The van der Waals surface area contributed by atoms with E-state index in [1.54, 1.807) is 18.2 Å². The largest absolute Gasteiger partial charge is 0.354 e. The maximum absolute atomic E-state index is 13.7. The monoisotopic (exact) mass is 278 g/mol. The molecule has 20 heavy (non-hydrogen) atoms. The summed E-state index contributed by atoms with van der Waals surface area (Å²) in [5.74, 6) is -0.525. The number of hydrogen-bond acceptors (Lipinski definition) is 2. The van der Waals surface area contributed by atoms with E-state index in [1.165, 1.54) is 17.9 Å². The van der Waals surface area contributed by atoms with Crippen LogP contribution in [0.5, 0.6) is 0 Å². The zero-order valence-electron chi connectivity index (χ0n) is 11.6. The number of hydrogen-bond donors (Lipinski definition) is 1. The summed E-state index contributed by atoms with van der Waals surface area (Å²) in [4.78, 5) is 24.7. The lowest BCUT2D eigenvalue weighted by atomic mass is 9.85. The molecule has 0 heterocycles. The Kier molecular flexibility index (Phi) is 4.71. The first-order chi connectivity index (χ1) is 9.59. The van der Waals surface area contributed by atoms with Crippen LogP contribution in [0.1, 0.15) is 26.2 Å². The molecule has 1 fully saturated rings. The number of nitrogens with zero attached hydrogens (tertiary/aromatic N) is 1. The Morgan fingerprint density at radius 3 is 2.60 bits per heavy atom. The first-order valence-corrected chi connectivity index (χ1v) is 6.90. The number of para-hydroxylation sites is 1. The summed E-state index contributed by atoms with van der Waals surface area (Å²) in [5.41, 5.74) is 0.248. The second-order valence-electron chi connectivity index (χ2n) is 5.04. The van der Waals surface area contributed by atoms with Crippen molar-refractivity contribution in [3.63, 3.8) is 0 Å². The van der Waals surface area contributed by atoms with Crippen molar-refractivity contribution in [2.75, 3.05) is 18.0 Å². The van der Waals surface area contributed by atoms with E-state index >= 15 is 0 Å². The highest BCUT2D eigenvalue weighted by Crippen LogP contribution is 2.26. The van der Waals surface area contributed by atoms with Crippen LogP contribution in [-0.4, -0.2) is 24.9 Å². The molecule has 0 atom stereocenters. The minimum absolute atomic E-state index is 0.0354. The highest BCUT2D eigenvalue weighted by molar-refractivity contribution is 5.91. The van der Waals surface area contributed by atoms with Crippen molar-refractivity contribution in [2.24, 2.45) is 5.92 Å². The van der Waals surface area contributed by atoms with Crippen molar-refractivity contribution in [1.82, 2.24) is 5.32 Å². The van der Waals surface area contributed by atoms with Gasteiger partial charge < -0.3 is 10.2 Å². The fourth-order valence-electron chi connectivity index (χ4n) is 2.22. The summed E-state index contributed by atoms with van der Waals surface area (Å²) >= 11 is 0. The van der Waals surface area contributed by atoms with Crippen molar-refractivity contribution >= 4 is 17.5 Å². The Balaban J connectivity index is 1.91. The Hall–Kier alpha value is -1.91. The quantitative estimate of drug-likeness (QED) is 0.896. The molecule has 1 aliphatic carbocycles. The van der Waals surface area contributed by atoms with Gasteiger partial charge in [0.05, 0.1) is 5.69 Å². The fourth-order valence-corrected chi connectivity index (χ4v) is 2.22. The molecule has 2 amide bonds. The van der Waals surface area contributed by atoms with Gasteiger partial charge in [-0.2, -0.15) is 0 Å². The van der Waals surface area contributed by atoms with Gasteiger partial charge in [-0.1, -0.05) is 18.6 Å². The van der Waals surface area contributed by atoms with E-state index in [0.29, 0.717) is 6.54 Å². The molecule has 2 rings (SSSR count). The van der Waals surface area contributed by atoms with Crippen LogP contribution in [0.15, 0.2) is 24.3 Å². The molecule has 5 heteroatoms. The average Bonchev–Trinajstić information content (AvgIpc) is 2.33. The molecule has 0 spiro atoms. The number of carbonyl (C=O) groups excluding carboxylic acids is 2. The van der Waals surface area contributed by atoms with Gasteiger partial charge in [0, 0.05) is 25.9 Å². The third kappa shape index (κ3) is 3.35. The molecule has 4 nitrogen and oxygen atoms in total. The average molecular weight is 278 g/mol. The van der Waals surface area contributed by atoms with Gasteiger partial charge in [0.15, 0.2) is 0 Å². The predicted molar refractivity (Wildman–Crippen MR) is 74.8 cm³/mol. The van der Waals surface area contributed by atoms with Crippen molar-refractivity contribution in [3.8, 4) is 0 Å². The third-order valence-corrected chi connectivity index (χ3v) is 3.63. The third-order valence-electron chi connectivity index (χ3n) is 3.63. The summed E-state index contributed by atoms with van der Waals surface area (Å²) < 4.78 is 13.7. The summed E-state index contributed by atoms with van der Waals surface area (Å²) in [6.07, 6.45) is 2.98. The maximum atomic E-state index is 13.7. The van der Waals surface area contributed by atoms with Crippen LogP contribution in [0, 0.1) is 11.7 Å². The van der Waals surface area contributed by atoms with E-state index in [4.69, 9.17) is 0 Å². The number of carbonyl (C=O) groups is 2. The van der Waals surface area contributed by atoms with Gasteiger partial charge in [0.25, 0.3) is 0 Å². The number of nitrogens with one attached hydrogen (secondary N) is 1. The summed E-state index contributed by atoms with van der Waals surface area (Å²) in [6, 6.07) is 6.14. The lowest BCUT2D eigenvalue weighted by molar-refractivity contribution is -0.127. The number of amides is 2. The fraction of sp³-hybridized carbons (Fsp3) is 0.467. The van der Waals surface area contributed by atoms with E-state index in [-0.39, 0.29) is 30.0 Å². The van der Waals surface area contributed by atoms with Gasteiger partial charge >= 0.3 is 0 Å². The maximum Gasteiger partial charge on any atom is 0.224 e. The highest BCUT2D eigenvalue weighted by Gasteiger charge is 2.25. The van der Waals surface area contributed by atoms with E-state index < -0.39 is 5.82 Å². The second kappa shape index (κ2) is 6.50. The first kappa shape index (κ1) is 14.5. The van der Waals surface area contributed by atoms with Crippen molar-refractivity contribution < 1.29 is 14.0 Å². The lowest BCUT2D eigenvalue weighted by Gasteiger charge is -2.26. The van der Waals surface area contributed by atoms with Crippen molar-refractivity contribution in [2.45, 2.75) is 26.2 Å². The molecular weight excluding hydrogens is 259 g/mol. The topological polar surface area (TPSA) is 49.4 Å². The Labute approximate surface area is 118 Å². The van der Waals surface area contributed by atoms with Crippen LogP contribution in [0.25, 0.3) is 0 Å². The molecule has 1 N–H and O–H groups in total. The Bertz CT molecular complexity index is 500. The summed E-state index contributed by atoms with van der Waals surface area (Å²) in [6.45, 7) is 2.00. The van der Waals surface area contributed by atoms with Crippen LogP contribution in [0.4, 0.5) is 10.1 Å². The molecule has 0 bridgehead atoms. The minimum atomic E-state index is -0.437. The van der Waals surface area contributed by atoms with Gasteiger partial charge in [0.1, 0.15) is 5.82 Å². The smallest absolute Gasteiger partial charge is 0.224 e. The van der Waals surface area contributed by atoms with Gasteiger partial charge in [-0.05, 0) is 25.0 Å². The van der Waals surface area contributed by atoms with Crippen LogP contribution < -0.4 is 10.2 Å². The van der Waals surface area contributed by atoms with E-state index in [0.717, 1.165) is 19.3 Å². The molecule has 1 aliphatic rings. The molecule has 0 radical (unpaired) electrons. The van der Waals surface area contributed by atoms with E-state index in [2.05, 4.69) is 5.32 Å². The molecule has 1 aromatic rings. The van der Waals surface area contributed by atoms with Crippen LogP contribution >= 0.6 is 0 Å². The molecular formula is C15H19FN2O2. The predicted octanol–water partition coefficient (Wildman–Crippen LogP) is 2.09. The molecule has 1 saturated carbocycles. The number of benzene rings is 1. The van der Waals surface area contributed by atoms with Gasteiger partial charge in [-0.3, -0.25) is 9.59 Å². The van der Waals surface area contributed by atoms with Gasteiger partial charge in [-0.25, -0.2) is 4.39 Å². The van der Waals surface area contributed by atoms with E-state index in [9.17, 15) is 14.0 Å². The van der Waals surface area contributed by atoms with Gasteiger partial charge in [-0.15, -0.1) is 0 Å². The van der Waals surface area contributed by atoms with Crippen molar-refractivity contribution in [3.05, 3.63) is 30.1 Å². The number of rotatable bonds is 5. The molecule has 0 aromatic heterocycles. The van der Waals surface area contributed by atoms with Crippen LogP contribution in [0.2, 0.25) is 0 Å². The molecule has 0 aliphatic heterocycles. The minimum Gasteiger partial charge on any atom is -0.354 e. The molecule has 0 unspecified atom stereocenters. The summed E-state index contributed by atoms with van der Waals surface area (Å²) in [7, 11) is 0. The zero-order valence-corrected chi connectivity index (χ0v) is 11.6.